The summed E-state index contributed by atoms with van der Waals surface area (Å²) in [6.45, 7) is 9.34. The van der Waals surface area contributed by atoms with Gasteiger partial charge in [-0.25, -0.2) is 9.97 Å². The van der Waals surface area contributed by atoms with Crippen LogP contribution in [0.5, 0.6) is 5.75 Å². The second-order valence-corrected chi connectivity index (χ2v) is 9.65. The molecular formula is C28H30N10O. The molecule has 0 aliphatic carbocycles. The molecular weight excluding hydrogens is 492 g/mol. The zero-order valence-electron chi connectivity index (χ0n) is 22.1. The van der Waals surface area contributed by atoms with E-state index in [0.29, 0.717) is 23.9 Å². The number of rotatable bonds is 9. The van der Waals surface area contributed by atoms with Crippen molar-refractivity contribution < 1.29 is 4.74 Å². The second-order valence-electron chi connectivity index (χ2n) is 9.65. The zero-order valence-corrected chi connectivity index (χ0v) is 22.1. The molecule has 1 fully saturated rings. The van der Waals surface area contributed by atoms with Gasteiger partial charge in [0.1, 0.15) is 23.6 Å². The molecule has 1 saturated heterocycles. The molecule has 0 aromatic carbocycles. The summed E-state index contributed by atoms with van der Waals surface area (Å²) in [6.07, 6.45) is 11.5. The number of hydrogen-bond donors (Lipinski definition) is 2. The van der Waals surface area contributed by atoms with Gasteiger partial charge in [-0.05, 0) is 57.8 Å². The molecule has 39 heavy (non-hydrogen) atoms. The third-order valence-electron chi connectivity index (χ3n) is 6.90. The van der Waals surface area contributed by atoms with E-state index in [-0.39, 0.29) is 0 Å². The van der Waals surface area contributed by atoms with E-state index in [1.165, 1.54) is 12.8 Å². The van der Waals surface area contributed by atoms with Gasteiger partial charge in [0.05, 0.1) is 34.8 Å². The summed E-state index contributed by atoms with van der Waals surface area (Å²) < 4.78 is 6.00. The number of nitrogens with one attached hydrogen (secondary N) is 2. The van der Waals surface area contributed by atoms with E-state index in [0.717, 1.165) is 64.3 Å². The largest absolute Gasteiger partial charge is 0.491 e. The van der Waals surface area contributed by atoms with Gasteiger partial charge in [-0.1, -0.05) is 0 Å². The predicted octanol–water partition coefficient (Wildman–Crippen LogP) is 4.43. The first-order valence-electron chi connectivity index (χ1n) is 13.0. The number of H-pyrrole nitrogens is 2. The van der Waals surface area contributed by atoms with Crippen molar-refractivity contribution >= 4 is 34.5 Å². The Kier molecular flexibility index (Phi) is 6.72. The van der Waals surface area contributed by atoms with E-state index in [2.05, 4.69) is 46.7 Å². The lowest BCUT2D eigenvalue weighted by atomic mass is 10.1. The molecule has 11 nitrogen and oxygen atoms in total. The molecule has 0 unspecified atom stereocenters. The summed E-state index contributed by atoms with van der Waals surface area (Å²) in [5, 5.41) is 8.53. The van der Waals surface area contributed by atoms with Crippen LogP contribution in [0.2, 0.25) is 0 Å². The number of fused-ring (bicyclic) bond motifs is 2. The molecule has 5 aromatic rings. The number of aromatic nitrogens is 7. The molecule has 0 amide bonds. The van der Waals surface area contributed by atoms with Crippen LogP contribution in [0.15, 0.2) is 59.9 Å². The van der Waals surface area contributed by atoms with E-state index >= 15 is 0 Å². The van der Waals surface area contributed by atoms with Gasteiger partial charge in [0.15, 0.2) is 11.6 Å². The number of aromatic amines is 2. The van der Waals surface area contributed by atoms with Crippen LogP contribution < -0.4 is 9.64 Å². The maximum Gasteiger partial charge on any atom is 0.160 e. The van der Waals surface area contributed by atoms with E-state index < -0.39 is 0 Å². The molecule has 2 N–H and O–H groups in total. The van der Waals surface area contributed by atoms with Crippen LogP contribution in [0.4, 0.5) is 5.82 Å². The van der Waals surface area contributed by atoms with Crippen molar-refractivity contribution in [3.63, 3.8) is 0 Å². The number of pyridine rings is 3. The summed E-state index contributed by atoms with van der Waals surface area (Å²) in [5.74, 6) is 2.07. The minimum Gasteiger partial charge on any atom is -0.491 e. The Morgan fingerprint density at radius 2 is 2.05 bits per heavy atom. The summed E-state index contributed by atoms with van der Waals surface area (Å²) >= 11 is 0. The number of nitrogens with zero attached hydrogens (tertiary/aromatic N) is 8. The van der Waals surface area contributed by atoms with Gasteiger partial charge < -0.3 is 14.6 Å². The molecule has 6 rings (SSSR count). The first-order chi connectivity index (χ1) is 19.1. The number of allylic oxidation sites excluding steroid dienone is 1. The highest BCUT2D eigenvalue weighted by atomic mass is 16.5. The van der Waals surface area contributed by atoms with Crippen LogP contribution in [-0.2, 0) is 0 Å². The zero-order chi connectivity index (χ0) is 26.8. The van der Waals surface area contributed by atoms with E-state index in [1.54, 1.807) is 24.8 Å². The standard InChI is InChI=1S/C28H30N10O/c1-18(29-2)17-37(3)28-26-22(6-7-31-28)33-27(34-26)25-21-13-23(32-16-24(21)35-36-25)19-12-20(15-30-14-19)39-11-10-38-8-4-5-9-38/h6-7,12-17H,2,4-5,8-11H2,1,3H3,(H,33,34)(H,35,36)/b18-17-. The topological polar surface area (TPSA) is 124 Å². The number of ether oxygens (including phenoxy) is 1. The highest BCUT2D eigenvalue weighted by Crippen LogP contribution is 2.31. The van der Waals surface area contributed by atoms with Crippen molar-refractivity contribution in [2.75, 3.05) is 38.2 Å². The van der Waals surface area contributed by atoms with Crippen LogP contribution >= 0.6 is 0 Å². The van der Waals surface area contributed by atoms with Crippen molar-refractivity contribution in [2.45, 2.75) is 19.8 Å². The molecule has 0 spiro atoms. The van der Waals surface area contributed by atoms with Crippen molar-refractivity contribution in [1.82, 2.24) is 40.0 Å². The Morgan fingerprint density at radius 3 is 2.90 bits per heavy atom. The smallest absolute Gasteiger partial charge is 0.160 e. The average Bonchev–Trinajstić information content (AvgIpc) is 3.72. The maximum absolute atomic E-state index is 6.00. The number of likely N-dealkylation sites (tertiary alicyclic amines) is 1. The molecule has 0 bridgehead atoms. The van der Waals surface area contributed by atoms with Gasteiger partial charge in [0, 0.05) is 43.1 Å². The van der Waals surface area contributed by atoms with Gasteiger partial charge in [-0.2, -0.15) is 5.10 Å². The average molecular weight is 523 g/mol. The fraction of sp³-hybridized carbons (Fsp3) is 0.286. The van der Waals surface area contributed by atoms with Gasteiger partial charge in [0.2, 0.25) is 0 Å². The molecule has 11 heteroatoms. The van der Waals surface area contributed by atoms with E-state index in [9.17, 15) is 0 Å². The van der Waals surface area contributed by atoms with E-state index in [4.69, 9.17) is 9.72 Å². The Morgan fingerprint density at radius 1 is 1.18 bits per heavy atom. The molecule has 1 aliphatic heterocycles. The Hall–Kier alpha value is -4.64. The van der Waals surface area contributed by atoms with Crippen LogP contribution in [-0.4, -0.2) is 80.0 Å². The minimum absolute atomic E-state index is 0.635. The summed E-state index contributed by atoms with van der Waals surface area (Å²) in [7, 11) is 1.91. The quantitative estimate of drug-likeness (QED) is 0.273. The molecule has 0 saturated carbocycles. The van der Waals surface area contributed by atoms with Crippen molar-refractivity contribution in [1.29, 1.82) is 0 Å². The van der Waals surface area contributed by atoms with Crippen LogP contribution in [0.3, 0.4) is 0 Å². The lowest BCUT2D eigenvalue weighted by Gasteiger charge is -2.15. The van der Waals surface area contributed by atoms with E-state index in [1.807, 2.05) is 43.3 Å². The van der Waals surface area contributed by atoms with Gasteiger partial charge in [0.25, 0.3) is 0 Å². The lowest BCUT2D eigenvalue weighted by Crippen LogP contribution is -2.25. The third-order valence-corrected chi connectivity index (χ3v) is 6.90. The Labute approximate surface area is 225 Å². The minimum atomic E-state index is 0.635. The van der Waals surface area contributed by atoms with Crippen molar-refractivity contribution in [3.05, 3.63) is 54.9 Å². The molecule has 5 aromatic heterocycles. The highest BCUT2D eigenvalue weighted by molar-refractivity contribution is 5.96. The number of imidazole rings is 1. The van der Waals surface area contributed by atoms with Crippen molar-refractivity contribution in [3.8, 4) is 28.5 Å². The molecule has 0 radical (unpaired) electrons. The molecule has 198 valence electrons. The van der Waals surface area contributed by atoms with Gasteiger partial charge in [-0.3, -0.25) is 25.0 Å². The Bertz CT molecular complexity index is 1660. The molecule has 1 aliphatic rings. The lowest BCUT2D eigenvalue weighted by molar-refractivity contribution is 0.237. The van der Waals surface area contributed by atoms with Gasteiger partial charge >= 0.3 is 0 Å². The second kappa shape index (κ2) is 10.6. The highest BCUT2D eigenvalue weighted by Gasteiger charge is 2.18. The van der Waals surface area contributed by atoms with Gasteiger partial charge in [-0.15, -0.1) is 0 Å². The Balaban J connectivity index is 1.29. The molecule has 6 heterocycles. The predicted molar refractivity (Wildman–Crippen MR) is 153 cm³/mol. The SMILES string of the molecule is C=N/C(C)=C\N(C)c1nccc2[nH]c(-c3n[nH]c4cnc(-c5cncc(OCCN6CCCC6)c5)cc34)nc12. The maximum atomic E-state index is 6.00. The first kappa shape index (κ1) is 24.7. The van der Waals surface area contributed by atoms with Crippen LogP contribution in [0.1, 0.15) is 19.8 Å². The fourth-order valence-electron chi connectivity index (χ4n) is 4.87. The fourth-order valence-corrected chi connectivity index (χ4v) is 4.87. The third kappa shape index (κ3) is 5.08. The number of aliphatic imine (C=N–C) groups is 1. The number of anilines is 1. The number of hydrogen-bond acceptors (Lipinski definition) is 9. The van der Waals surface area contributed by atoms with Crippen molar-refractivity contribution in [2.24, 2.45) is 4.99 Å². The monoisotopic (exact) mass is 522 g/mol. The van der Waals surface area contributed by atoms with Crippen LogP contribution in [0, 0.1) is 0 Å². The summed E-state index contributed by atoms with van der Waals surface area (Å²) in [6, 6.07) is 5.88. The molecule has 0 atom stereocenters. The first-order valence-corrected chi connectivity index (χ1v) is 13.0. The normalized spacial score (nSPS) is 14.4. The summed E-state index contributed by atoms with van der Waals surface area (Å²) in [5.41, 5.74) is 5.53. The van der Waals surface area contributed by atoms with Crippen LogP contribution in [0.25, 0.3) is 44.7 Å². The summed E-state index contributed by atoms with van der Waals surface area (Å²) in [4.78, 5) is 30.1.